The molecule has 1 aromatic rings. The molecular formula is C14H21BrFNO. The van der Waals surface area contributed by atoms with Crippen LogP contribution in [0.25, 0.3) is 0 Å². The lowest BCUT2D eigenvalue weighted by atomic mass is 9.99. The molecule has 2 atom stereocenters. The van der Waals surface area contributed by atoms with Gasteiger partial charge in [0.05, 0.1) is 6.10 Å². The van der Waals surface area contributed by atoms with E-state index in [9.17, 15) is 4.39 Å². The molecule has 0 radical (unpaired) electrons. The minimum atomic E-state index is -0.218. The van der Waals surface area contributed by atoms with Crippen LogP contribution >= 0.6 is 15.9 Å². The summed E-state index contributed by atoms with van der Waals surface area (Å²) in [5, 5.41) is 3.44. The summed E-state index contributed by atoms with van der Waals surface area (Å²) in [5.74, 6) is -0.218. The Balaban J connectivity index is 2.82. The van der Waals surface area contributed by atoms with Crippen molar-refractivity contribution < 1.29 is 9.13 Å². The summed E-state index contributed by atoms with van der Waals surface area (Å²) in [5.41, 5.74) is 1.10. The lowest BCUT2D eigenvalue weighted by Gasteiger charge is -2.26. The normalized spacial score (nSPS) is 14.5. The van der Waals surface area contributed by atoms with E-state index in [0.717, 1.165) is 29.4 Å². The van der Waals surface area contributed by atoms with Crippen molar-refractivity contribution in [2.24, 2.45) is 0 Å². The minimum absolute atomic E-state index is 0.168. The number of rotatable bonds is 7. The molecule has 0 amide bonds. The Morgan fingerprint density at radius 2 is 2.11 bits per heavy atom. The fourth-order valence-electron chi connectivity index (χ4n) is 2.14. The third-order valence-corrected chi connectivity index (χ3v) is 3.81. The van der Waals surface area contributed by atoms with Crippen molar-refractivity contribution in [1.29, 1.82) is 0 Å². The summed E-state index contributed by atoms with van der Waals surface area (Å²) in [7, 11) is 1.73. The summed E-state index contributed by atoms with van der Waals surface area (Å²) in [6, 6.07) is 5.07. The summed E-state index contributed by atoms with van der Waals surface area (Å²) in [4.78, 5) is 0. The van der Waals surface area contributed by atoms with Gasteiger partial charge in [0.15, 0.2) is 0 Å². The highest BCUT2D eigenvalue weighted by Gasteiger charge is 2.20. The zero-order valence-electron chi connectivity index (χ0n) is 11.2. The van der Waals surface area contributed by atoms with E-state index in [-0.39, 0.29) is 18.0 Å². The quantitative estimate of drug-likeness (QED) is 0.830. The largest absolute Gasteiger partial charge is 0.380 e. The topological polar surface area (TPSA) is 21.3 Å². The van der Waals surface area contributed by atoms with Crippen molar-refractivity contribution in [1.82, 2.24) is 5.32 Å². The molecule has 4 heteroatoms. The molecule has 0 aliphatic carbocycles. The van der Waals surface area contributed by atoms with Gasteiger partial charge in [-0.1, -0.05) is 35.8 Å². The average Bonchev–Trinajstić information content (AvgIpc) is 2.34. The van der Waals surface area contributed by atoms with Crippen molar-refractivity contribution in [3.63, 3.8) is 0 Å². The molecule has 1 aromatic carbocycles. The third-order valence-electron chi connectivity index (χ3n) is 3.08. The molecule has 102 valence electrons. The lowest BCUT2D eigenvalue weighted by Crippen LogP contribution is -2.42. The second-order valence-electron chi connectivity index (χ2n) is 4.29. The smallest absolute Gasteiger partial charge is 0.124 e. The van der Waals surface area contributed by atoms with E-state index in [0.29, 0.717) is 0 Å². The molecule has 0 aliphatic heterocycles. The third kappa shape index (κ3) is 4.34. The van der Waals surface area contributed by atoms with Gasteiger partial charge in [0, 0.05) is 17.6 Å². The van der Waals surface area contributed by atoms with Gasteiger partial charge < -0.3 is 10.1 Å². The van der Waals surface area contributed by atoms with Gasteiger partial charge >= 0.3 is 0 Å². The van der Waals surface area contributed by atoms with E-state index in [1.165, 1.54) is 12.1 Å². The Labute approximate surface area is 117 Å². The van der Waals surface area contributed by atoms with Crippen LogP contribution in [-0.4, -0.2) is 25.8 Å². The summed E-state index contributed by atoms with van der Waals surface area (Å²) >= 11 is 3.41. The Bertz CT molecular complexity index is 369. The standard InChI is InChI=1S/C14H21BrFNO/c1-4-14(18-3)13(17-5-2)8-10-6-7-11(16)9-12(10)15/h6-7,9,13-14,17H,4-5,8H2,1-3H3. The van der Waals surface area contributed by atoms with Crippen molar-refractivity contribution in [2.75, 3.05) is 13.7 Å². The molecule has 1 rings (SSSR count). The number of nitrogens with one attached hydrogen (secondary N) is 1. The first-order chi connectivity index (χ1) is 8.62. The Hall–Kier alpha value is -0.450. The molecular weight excluding hydrogens is 297 g/mol. The van der Waals surface area contributed by atoms with E-state index in [1.54, 1.807) is 7.11 Å². The van der Waals surface area contributed by atoms with E-state index in [1.807, 2.05) is 6.07 Å². The predicted molar refractivity (Wildman–Crippen MR) is 76.4 cm³/mol. The molecule has 0 aliphatic rings. The number of hydrogen-bond acceptors (Lipinski definition) is 2. The number of hydrogen-bond donors (Lipinski definition) is 1. The molecule has 2 nitrogen and oxygen atoms in total. The maximum Gasteiger partial charge on any atom is 0.124 e. The molecule has 0 saturated carbocycles. The van der Waals surface area contributed by atoms with Crippen LogP contribution in [0.15, 0.2) is 22.7 Å². The molecule has 0 saturated heterocycles. The van der Waals surface area contributed by atoms with Crippen molar-refractivity contribution >= 4 is 15.9 Å². The Morgan fingerprint density at radius 3 is 2.61 bits per heavy atom. The van der Waals surface area contributed by atoms with Gasteiger partial charge in [0.2, 0.25) is 0 Å². The van der Waals surface area contributed by atoms with Crippen molar-refractivity contribution in [2.45, 2.75) is 38.8 Å². The van der Waals surface area contributed by atoms with E-state index in [4.69, 9.17) is 4.74 Å². The van der Waals surface area contributed by atoms with Gasteiger partial charge in [-0.2, -0.15) is 0 Å². The van der Waals surface area contributed by atoms with Gasteiger partial charge in [-0.05, 0) is 37.1 Å². The first-order valence-electron chi connectivity index (χ1n) is 6.32. The van der Waals surface area contributed by atoms with Crippen LogP contribution in [0.4, 0.5) is 4.39 Å². The maximum absolute atomic E-state index is 13.1. The highest BCUT2D eigenvalue weighted by Crippen LogP contribution is 2.21. The first-order valence-corrected chi connectivity index (χ1v) is 7.11. The van der Waals surface area contributed by atoms with E-state index >= 15 is 0 Å². The van der Waals surface area contributed by atoms with Crippen molar-refractivity contribution in [3.8, 4) is 0 Å². The molecule has 0 bridgehead atoms. The molecule has 1 N–H and O–H groups in total. The number of ether oxygens (including phenoxy) is 1. The Kier molecular flexibility index (Phi) is 6.82. The van der Waals surface area contributed by atoms with Crippen molar-refractivity contribution in [3.05, 3.63) is 34.1 Å². The molecule has 0 spiro atoms. The van der Waals surface area contributed by atoms with Crippen LogP contribution in [0.1, 0.15) is 25.8 Å². The van der Waals surface area contributed by atoms with Crippen LogP contribution < -0.4 is 5.32 Å². The van der Waals surface area contributed by atoms with E-state index < -0.39 is 0 Å². The summed E-state index contributed by atoms with van der Waals surface area (Å²) in [6.07, 6.45) is 1.94. The zero-order valence-corrected chi connectivity index (χ0v) is 12.8. The van der Waals surface area contributed by atoms with Gasteiger partial charge in [-0.3, -0.25) is 0 Å². The summed E-state index contributed by atoms with van der Waals surface area (Å²) < 4.78 is 19.4. The van der Waals surface area contributed by atoms with E-state index in [2.05, 4.69) is 35.1 Å². The highest BCUT2D eigenvalue weighted by molar-refractivity contribution is 9.10. The minimum Gasteiger partial charge on any atom is -0.380 e. The number of halogens is 2. The van der Waals surface area contributed by atoms with Crippen LogP contribution in [0.3, 0.4) is 0 Å². The van der Waals surface area contributed by atoms with Gasteiger partial charge in [-0.25, -0.2) is 4.39 Å². The average molecular weight is 318 g/mol. The van der Waals surface area contributed by atoms with Crippen LogP contribution in [-0.2, 0) is 11.2 Å². The zero-order chi connectivity index (χ0) is 13.5. The Morgan fingerprint density at radius 1 is 1.39 bits per heavy atom. The molecule has 2 unspecified atom stereocenters. The summed E-state index contributed by atoms with van der Waals surface area (Å²) in [6.45, 7) is 5.08. The lowest BCUT2D eigenvalue weighted by molar-refractivity contribution is 0.0658. The van der Waals surface area contributed by atoms with Gasteiger partial charge in [0.1, 0.15) is 5.82 Å². The second-order valence-corrected chi connectivity index (χ2v) is 5.14. The number of benzene rings is 1. The predicted octanol–water partition coefficient (Wildman–Crippen LogP) is 3.53. The van der Waals surface area contributed by atoms with Gasteiger partial charge in [-0.15, -0.1) is 0 Å². The van der Waals surface area contributed by atoms with Gasteiger partial charge in [0.25, 0.3) is 0 Å². The second kappa shape index (κ2) is 7.87. The fourth-order valence-corrected chi connectivity index (χ4v) is 2.65. The number of methoxy groups -OCH3 is 1. The SMILES string of the molecule is CCNC(Cc1ccc(F)cc1Br)C(CC)OC. The maximum atomic E-state index is 13.1. The first kappa shape index (κ1) is 15.6. The molecule has 0 aromatic heterocycles. The van der Waals surface area contributed by atoms with Crippen LogP contribution in [0.5, 0.6) is 0 Å². The fraction of sp³-hybridized carbons (Fsp3) is 0.571. The molecule has 18 heavy (non-hydrogen) atoms. The van der Waals surface area contributed by atoms with Crippen LogP contribution in [0.2, 0.25) is 0 Å². The van der Waals surface area contributed by atoms with Crippen LogP contribution in [0, 0.1) is 5.82 Å². The number of likely N-dealkylation sites (N-methyl/N-ethyl adjacent to an activating group) is 1. The molecule has 0 fully saturated rings. The molecule has 0 heterocycles. The monoisotopic (exact) mass is 317 g/mol. The highest BCUT2D eigenvalue weighted by atomic mass is 79.9.